The highest BCUT2D eigenvalue weighted by atomic mass is 79.9. The molecule has 0 amide bonds. The summed E-state index contributed by atoms with van der Waals surface area (Å²) in [5.74, 6) is 2.26. The molecule has 16 heavy (non-hydrogen) atoms. The summed E-state index contributed by atoms with van der Waals surface area (Å²) in [4.78, 5) is 0. The summed E-state index contributed by atoms with van der Waals surface area (Å²) in [5, 5.41) is 0. The van der Waals surface area contributed by atoms with E-state index in [1.807, 2.05) is 6.07 Å². The number of hydrogen-bond donors (Lipinski definition) is 1. The maximum atomic E-state index is 6.28. The lowest BCUT2D eigenvalue weighted by Gasteiger charge is -2.20. The molecule has 2 N–H and O–H groups in total. The third kappa shape index (κ3) is 2.41. The number of rotatable bonds is 4. The van der Waals surface area contributed by atoms with Crippen LogP contribution in [-0.2, 0) is 0 Å². The van der Waals surface area contributed by atoms with Crippen molar-refractivity contribution in [1.29, 1.82) is 0 Å². The molecule has 0 radical (unpaired) electrons. The van der Waals surface area contributed by atoms with Crippen molar-refractivity contribution in [2.45, 2.75) is 25.8 Å². The molecule has 2 rings (SSSR count). The highest BCUT2D eigenvalue weighted by molar-refractivity contribution is 9.10. The smallest absolute Gasteiger partial charge is 0.133 e. The van der Waals surface area contributed by atoms with E-state index in [1.165, 1.54) is 18.4 Å². The van der Waals surface area contributed by atoms with Gasteiger partial charge in [-0.15, -0.1) is 0 Å². The maximum absolute atomic E-state index is 6.28. The molecule has 1 aliphatic rings. The van der Waals surface area contributed by atoms with Crippen molar-refractivity contribution in [2.24, 2.45) is 17.6 Å². The van der Waals surface area contributed by atoms with Crippen LogP contribution in [0.3, 0.4) is 0 Å². The topological polar surface area (TPSA) is 35.2 Å². The van der Waals surface area contributed by atoms with Gasteiger partial charge in [-0.1, -0.05) is 13.0 Å². The Kier molecular flexibility index (Phi) is 3.55. The van der Waals surface area contributed by atoms with Crippen LogP contribution in [0.15, 0.2) is 22.7 Å². The molecule has 1 aromatic rings. The average molecular weight is 284 g/mol. The average Bonchev–Trinajstić information content (AvgIpc) is 3.11. The van der Waals surface area contributed by atoms with E-state index >= 15 is 0 Å². The lowest BCUT2D eigenvalue weighted by molar-refractivity contribution is 0.406. The third-order valence-corrected chi connectivity index (χ3v) is 4.11. The summed E-state index contributed by atoms with van der Waals surface area (Å²) in [5.41, 5.74) is 7.47. The van der Waals surface area contributed by atoms with Gasteiger partial charge < -0.3 is 10.5 Å². The van der Waals surface area contributed by atoms with Crippen molar-refractivity contribution in [1.82, 2.24) is 0 Å². The van der Waals surface area contributed by atoms with Gasteiger partial charge in [0.05, 0.1) is 11.6 Å². The zero-order valence-corrected chi connectivity index (χ0v) is 11.3. The van der Waals surface area contributed by atoms with Gasteiger partial charge in [0.15, 0.2) is 0 Å². The summed E-state index contributed by atoms with van der Waals surface area (Å²) in [6.07, 6.45) is 2.68. The van der Waals surface area contributed by atoms with Crippen molar-refractivity contribution in [3.05, 3.63) is 28.2 Å². The molecule has 0 saturated heterocycles. The second-order valence-electron chi connectivity index (χ2n) is 4.62. The number of nitrogens with two attached hydrogens (primary N) is 1. The molecule has 0 aliphatic heterocycles. The lowest BCUT2D eigenvalue weighted by Crippen LogP contribution is -2.20. The van der Waals surface area contributed by atoms with Crippen LogP contribution in [0.1, 0.15) is 31.4 Å². The van der Waals surface area contributed by atoms with E-state index < -0.39 is 0 Å². The van der Waals surface area contributed by atoms with Crippen molar-refractivity contribution < 1.29 is 4.74 Å². The van der Waals surface area contributed by atoms with Gasteiger partial charge in [-0.05, 0) is 58.3 Å². The second kappa shape index (κ2) is 4.76. The summed E-state index contributed by atoms with van der Waals surface area (Å²) in [7, 11) is 1.67. The molecule has 0 bridgehead atoms. The highest BCUT2D eigenvalue weighted by Crippen LogP contribution is 2.42. The lowest BCUT2D eigenvalue weighted by atomic mass is 9.91. The predicted molar refractivity (Wildman–Crippen MR) is 69.5 cm³/mol. The van der Waals surface area contributed by atoms with Gasteiger partial charge in [0.2, 0.25) is 0 Å². The number of methoxy groups -OCH3 is 1. The Morgan fingerprint density at radius 2 is 2.12 bits per heavy atom. The van der Waals surface area contributed by atoms with Crippen molar-refractivity contribution in [3.63, 3.8) is 0 Å². The number of benzene rings is 1. The van der Waals surface area contributed by atoms with Crippen LogP contribution in [0.25, 0.3) is 0 Å². The van der Waals surface area contributed by atoms with Crippen LogP contribution in [0.4, 0.5) is 0 Å². The molecule has 3 heteroatoms. The fourth-order valence-corrected chi connectivity index (χ4v) is 2.67. The summed E-state index contributed by atoms with van der Waals surface area (Å²) >= 11 is 3.50. The van der Waals surface area contributed by atoms with Gasteiger partial charge >= 0.3 is 0 Å². The molecular formula is C13H18BrNO. The van der Waals surface area contributed by atoms with Crippen LogP contribution in [0, 0.1) is 11.8 Å². The van der Waals surface area contributed by atoms with Gasteiger partial charge in [-0.2, -0.15) is 0 Å². The number of hydrogen-bond acceptors (Lipinski definition) is 2. The summed E-state index contributed by atoms with van der Waals surface area (Å²) in [6.45, 7) is 2.25. The van der Waals surface area contributed by atoms with Crippen LogP contribution >= 0.6 is 15.9 Å². The zero-order valence-electron chi connectivity index (χ0n) is 9.74. The fraction of sp³-hybridized carbons (Fsp3) is 0.538. The normalized spacial score (nSPS) is 19.2. The molecule has 0 heterocycles. The molecule has 0 aromatic heterocycles. The summed E-state index contributed by atoms with van der Waals surface area (Å²) < 4.78 is 6.19. The van der Waals surface area contributed by atoms with E-state index in [9.17, 15) is 0 Å². The Hall–Kier alpha value is -0.540. The zero-order chi connectivity index (χ0) is 11.7. The number of ether oxygens (including phenoxy) is 1. The maximum Gasteiger partial charge on any atom is 0.133 e. The molecular weight excluding hydrogens is 266 g/mol. The van der Waals surface area contributed by atoms with E-state index in [0.29, 0.717) is 5.92 Å². The van der Waals surface area contributed by atoms with Crippen LogP contribution in [0.5, 0.6) is 5.75 Å². The standard InChI is InChI=1S/C13H18BrNO/c1-8(9-3-4-9)13(15)10-5-6-12(16-2)11(14)7-10/h5-9,13H,3-4,15H2,1-2H3. The minimum atomic E-state index is 0.134. The van der Waals surface area contributed by atoms with Crippen molar-refractivity contribution >= 4 is 15.9 Å². The first kappa shape index (κ1) is 11.9. The monoisotopic (exact) mass is 283 g/mol. The molecule has 1 fully saturated rings. The highest BCUT2D eigenvalue weighted by Gasteiger charge is 2.32. The third-order valence-electron chi connectivity index (χ3n) is 3.49. The predicted octanol–water partition coefficient (Wildman–Crippen LogP) is 3.50. The van der Waals surface area contributed by atoms with Gasteiger partial charge in [0.25, 0.3) is 0 Å². The minimum Gasteiger partial charge on any atom is -0.496 e. The van der Waals surface area contributed by atoms with Gasteiger partial charge in [-0.25, -0.2) is 0 Å². The molecule has 2 unspecified atom stereocenters. The molecule has 1 aromatic carbocycles. The van der Waals surface area contributed by atoms with Gasteiger partial charge in [-0.3, -0.25) is 0 Å². The molecule has 2 nitrogen and oxygen atoms in total. The van der Waals surface area contributed by atoms with Crippen LogP contribution in [0.2, 0.25) is 0 Å². The Morgan fingerprint density at radius 1 is 1.44 bits per heavy atom. The Morgan fingerprint density at radius 3 is 2.62 bits per heavy atom. The first-order chi connectivity index (χ1) is 7.63. The summed E-state index contributed by atoms with van der Waals surface area (Å²) in [6, 6.07) is 6.24. The van der Waals surface area contributed by atoms with E-state index in [0.717, 1.165) is 16.1 Å². The molecule has 88 valence electrons. The molecule has 1 saturated carbocycles. The Balaban J connectivity index is 2.16. The first-order valence-electron chi connectivity index (χ1n) is 5.72. The van der Waals surface area contributed by atoms with E-state index in [2.05, 4.69) is 35.0 Å². The van der Waals surface area contributed by atoms with Crippen LogP contribution < -0.4 is 10.5 Å². The van der Waals surface area contributed by atoms with Crippen molar-refractivity contribution in [2.75, 3.05) is 7.11 Å². The van der Waals surface area contributed by atoms with Gasteiger partial charge in [0, 0.05) is 6.04 Å². The molecule has 2 atom stereocenters. The SMILES string of the molecule is COc1ccc(C(N)C(C)C2CC2)cc1Br. The van der Waals surface area contributed by atoms with E-state index in [4.69, 9.17) is 10.5 Å². The largest absolute Gasteiger partial charge is 0.496 e. The van der Waals surface area contributed by atoms with E-state index in [1.54, 1.807) is 7.11 Å². The minimum absolute atomic E-state index is 0.134. The fourth-order valence-electron chi connectivity index (χ4n) is 2.11. The number of halogens is 1. The Labute approximate surface area is 105 Å². The second-order valence-corrected chi connectivity index (χ2v) is 5.47. The Bertz CT molecular complexity index is 376. The molecule has 0 spiro atoms. The quantitative estimate of drug-likeness (QED) is 0.918. The van der Waals surface area contributed by atoms with Gasteiger partial charge in [0.1, 0.15) is 5.75 Å². The van der Waals surface area contributed by atoms with E-state index in [-0.39, 0.29) is 6.04 Å². The van der Waals surface area contributed by atoms with Crippen molar-refractivity contribution in [3.8, 4) is 5.75 Å². The molecule has 1 aliphatic carbocycles. The van der Waals surface area contributed by atoms with Crippen LogP contribution in [-0.4, -0.2) is 7.11 Å². The first-order valence-corrected chi connectivity index (χ1v) is 6.51.